The molecule has 3 aliphatic heterocycles. The molecule has 36 heavy (non-hydrogen) atoms. The number of carbonyl (C=O) groups excluding carboxylic acids is 2. The normalized spacial score (nSPS) is 21.3. The molecule has 0 saturated carbocycles. The third kappa shape index (κ3) is 5.09. The summed E-state index contributed by atoms with van der Waals surface area (Å²) in [6.45, 7) is 8.97. The van der Waals surface area contributed by atoms with E-state index in [0.29, 0.717) is 32.7 Å². The minimum atomic E-state index is -0.315. The Bertz CT molecular complexity index is 1090. The number of hydrogen-bond donors (Lipinski definition) is 0. The summed E-state index contributed by atoms with van der Waals surface area (Å²) in [4.78, 5) is 45.9. The fourth-order valence-electron chi connectivity index (χ4n) is 5.15. The Morgan fingerprint density at radius 1 is 0.944 bits per heavy atom. The summed E-state index contributed by atoms with van der Waals surface area (Å²) in [5.74, 6) is 2.18. The van der Waals surface area contributed by atoms with E-state index in [1.54, 1.807) is 12.0 Å². The second-order valence-corrected chi connectivity index (χ2v) is 9.87. The lowest BCUT2D eigenvalue weighted by molar-refractivity contribution is -0.136. The number of amides is 2. The van der Waals surface area contributed by atoms with E-state index in [-0.39, 0.29) is 24.2 Å². The number of anilines is 3. The van der Waals surface area contributed by atoms with Crippen molar-refractivity contribution >= 4 is 29.3 Å². The van der Waals surface area contributed by atoms with E-state index in [2.05, 4.69) is 27.8 Å². The molecule has 1 aromatic carbocycles. The van der Waals surface area contributed by atoms with Gasteiger partial charge in [-0.1, -0.05) is 0 Å². The first-order valence-electron chi connectivity index (χ1n) is 12.7. The van der Waals surface area contributed by atoms with Gasteiger partial charge in [-0.15, -0.1) is 0 Å². The highest BCUT2D eigenvalue weighted by Gasteiger charge is 2.38. The summed E-state index contributed by atoms with van der Waals surface area (Å²) in [5, 5.41) is 0. The van der Waals surface area contributed by atoms with Gasteiger partial charge in [0.15, 0.2) is 0 Å². The summed E-state index contributed by atoms with van der Waals surface area (Å²) in [5.41, 5.74) is 1.75. The van der Waals surface area contributed by atoms with Crippen molar-refractivity contribution < 1.29 is 14.3 Å². The van der Waals surface area contributed by atoms with Crippen LogP contribution < -0.4 is 19.4 Å². The number of aromatic nitrogens is 2. The van der Waals surface area contributed by atoms with Crippen LogP contribution in [0.5, 0.6) is 5.75 Å². The molecule has 3 aliphatic rings. The summed E-state index contributed by atoms with van der Waals surface area (Å²) < 4.78 is 5.20. The van der Waals surface area contributed by atoms with Gasteiger partial charge in [-0.2, -0.15) is 4.98 Å². The number of nitrogens with zero attached hydrogens (tertiary/aromatic N) is 7. The van der Waals surface area contributed by atoms with Crippen LogP contribution in [-0.2, 0) is 9.59 Å². The topological polar surface area (TPSA) is 85.3 Å². The van der Waals surface area contributed by atoms with E-state index in [1.165, 1.54) is 0 Å². The van der Waals surface area contributed by atoms with Gasteiger partial charge in [-0.05, 0) is 38.2 Å². The number of likely N-dealkylation sites (N-methyl/N-ethyl adjacent to an activating group) is 1. The van der Waals surface area contributed by atoms with Gasteiger partial charge in [0.1, 0.15) is 11.6 Å². The van der Waals surface area contributed by atoms with Crippen LogP contribution in [0.25, 0.3) is 0 Å². The van der Waals surface area contributed by atoms with Crippen LogP contribution in [0.2, 0.25) is 0 Å². The minimum absolute atomic E-state index is 0.0123. The average Bonchev–Trinajstić information content (AvgIpc) is 3.30. The summed E-state index contributed by atoms with van der Waals surface area (Å²) in [6, 6.07) is 9.44. The Labute approximate surface area is 212 Å². The van der Waals surface area contributed by atoms with Crippen LogP contribution >= 0.6 is 0 Å². The quantitative estimate of drug-likeness (QED) is 0.615. The van der Waals surface area contributed by atoms with Gasteiger partial charge in [0.05, 0.1) is 13.0 Å². The number of aryl methyl sites for hydroxylation is 1. The van der Waals surface area contributed by atoms with E-state index in [4.69, 9.17) is 14.7 Å². The molecule has 5 rings (SSSR count). The van der Waals surface area contributed by atoms with Gasteiger partial charge in [-0.3, -0.25) is 9.59 Å². The van der Waals surface area contributed by atoms with Gasteiger partial charge in [0, 0.05) is 82.8 Å². The molecule has 2 amide bonds. The molecule has 0 aliphatic carbocycles. The number of piperazine rings is 2. The first-order valence-corrected chi connectivity index (χ1v) is 12.7. The second-order valence-electron chi connectivity index (χ2n) is 9.87. The van der Waals surface area contributed by atoms with Crippen molar-refractivity contribution in [2.24, 2.45) is 5.92 Å². The van der Waals surface area contributed by atoms with Crippen molar-refractivity contribution in [1.82, 2.24) is 19.8 Å². The summed E-state index contributed by atoms with van der Waals surface area (Å²) in [7, 11) is 3.76. The maximum atomic E-state index is 13.3. The van der Waals surface area contributed by atoms with E-state index >= 15 is 0 Å². The number of ether oxygens (including phenoxy) is 1. The highest BCUT2D eigenvalue weighted by Crippen LogP contribution is 2.28. The molecule has 10 heteroatoms. The monoisotopic (exact) mass is 493 g/mol. The molecule has 0 radical (unpaired) electrons. The summed E-state index contributed by atoms with van der Waals surface area (Å²) >= 11 is 0. The van der Waals surface area contributed by atoms with Crippen molar-refractivity contribution in [3.8, 4) is 5.75 Å². The molecule has 0 N–H and O–H groups in total. The Morgan fingerprint density at radius 2 is 1.61 bits per heavy atom. The third-order valence-electron chi connectivity index (χ3n) is 7.39. The van der Waals surface area contributed by atoms with Gasteiger partial charge in [0.25, 0.3) is 0 Å². The molecule has 3 fully saturated rings. The lowest BCUT2D eigenvalue weighted by Crippen LogP contribution is -2.51. The standard InChI is InChI=1S/C26H35N7O3/c1-19-16-23(30-10-8-29(2)9-11-30)28-26(27-19)32-14-12-31(13-15-32)25(35)20-17-24(34)33(18-20)21-4-6-22(36-3)7-5-21/h4-7,16,20H,8-15,17-18H2,1-3H3. The zero-order valence-electron chi connectivity index (χ0n) is 21.4. The molecular weight excluding hydrogens is 458 g/mol. The molecule has 0 spiro atoms. The lowest BCUT2D eigenvalue weighted by atomic mass is 10.1. The Morgan fingerprint density at radius 3 is 2.28 bits per heavy atom. The van der Waals surface area contributed by atoms with Crippen molar-refractivity contribution in [3.05, 3.63) is 36.0 Å². The van der Waals surface area contributed by atoms with Crippen LogP contribution in [0.15, 0.2) is 30.3 Å². The maximum Gasteiger partial charge on any atom is 0.228 e. The fraction of sp³-hybridized carbons (Fsp3) is 0.538. The predicted octanol–water partition coefficient (Wildman–Crippen LogP) is 1.25. The van der Waals surface area contributed by atoms with Crippen LogP contribution in [0.4, 0.5) is 17.5 Å². The number of benzene rings is 1. The Kier molecular flexibility index (Phi) is 6.95. The number of methoxy groups -OCH3 is 1. The second kappa shape index (κ2) is 10.3. The van der Waals surface area contributed by atoms with E-state index in [0.717, 1.165) is 55.1 Å². The van der Waals surface area contributed by atoms with Crippen LogP contribution in [0.1, 0.15) is 12.1 Å². The molecule has 1 atom stereocenters. The van der Waals surface area contributed by atoms with E-state index < -0.39 is 0 Å². The average molecular weight is 494 g/mol. The van der Waals surface area contributed by atoms with Gasteiger partial charge in [-0.25, -0.2) is 4.98 Å². The SMILES string of the molecule is COc1ccc(N2CC(C(=O)N3CCN(c4nc(C)cc(N5CCN(C)CC5)n4)CC3)CC2=O)cc1. The van der Waals surface area contributed by atoms with Crippen molar-refractivity contribution in [2.75, 3.05) is 87.8 Å². The van der Waals surface area contributed by atoms with Gasteiger partial charge in [0.2, 0.25) is 17.8 Å². The van der Waals surface area contributed by atoms with Gasteiger partial charge >= 0.3 is 0 Å². The lowest BCUT2D eigenvalue weighted by Gasteiger charge is -2.37. The molecule has 3 saturated heterocycles. The van der Waals surface area contributed by atoms with E-state index in [1.807, 2.05) is 36.1 Å². The minimum Gasteiger partial charge on any atom is -0.497 e. The van der Waals surface area contributed by atoms with Crippen LogP contribution in [0.3, 0.4) is 0 Å². The van der Waals surface area contributed by atoms with Crippen molar-refractivity contribution in [1.29, 1.82) is 0 Å². The highest BCUT2D eigenvalue weighted by atomic mass is 16.5. The number of hydrogen-bond acceptors (Lipinski definition) is 8. The molecule has 10 nitrogen and oxygen atoms in total. The molecule has 0 bridgehead atoms. The maximum absolute atomic E-state index is 13.3. The largest absolute Gasteiger partial charge is 0.497 e. The number of rotatable bonds is 5. The van der Waals surface area contributed by atoms with Gasteiger partial charge < -0.3 is 29.2 Å². The van der Waals surface area contributed by atoms with Crippen LogP contribution in [-0.4, -0.2) is 105 Å². The Hall–Kier alpha value is -3.40. The predicted molar refractivity (Wildman–Crippen MR) is 139 cm³/mol. The smallest absolute Gasteiger partial charge is 0.228 e. The first kappa shape index (κ1) is 24.3. The highest BCUT2D eigenvalue weighted by molar-refractivity contribution is 6.00. The van der Waals surface area contributed by atoms with Crippen molar-refractivity contribution in [2.45, 2.75) is 13.3 Å². The zero-order chi connectivity index (χ0) is 25.2. The molecule has 2 aromatic rings. The van der Waals surface area contributed by atoms with Crippen molar-refractivity contribution in [3.63, 3.8) is 0 Å². The summed E-state index contributed by atoms with van der Waals surface area (Å²) in [6.07, 6.45) is 0.250. The molecular formula is C26H35N7O3. The molecule has 192 valence electrons. The fourth-order valence-corrected chi connectivity index (χ4v) is 5.15. The van der Waals surface area contributed by atoms with E-state index in [9.17, 15) is 9.59 Å². The van der Waals surface area contributed by atoms with Crippen LogP contribution in [0, 0.1) is 12.8 Å². The third-order valence-corrected chi connectivity index (χ3v) is 7.39. The number of carbonyl (C=O) groups is 2. The molecule has 1 aromatic heterocycles. The molecule has 4 heterocycles. The first-order chi connectivity index (χ1) is 17.4. The Balaban J connectivity index is 1.19. The zero-order valence-corrected chi connectivity index (χ0v) is 21.4. The molecule has 1 unspecified atom stereocenters.